The highest BCUT2D eigenvalue weighted by atomic mass is 35.5. The fraction of sp³-hybridized carbons (Fsp3) is 0.286. The number of anilines is 1. The van der Waals surface area contributed by atoms with E-state index in [2.05, 4.69) is 15.5 Å². The third-order valence-electron chi connectivity index (χ3n) is 3.03. The zero-order chi connectivity index (χ0) is 13.8. The van der Waals surface area contributed by atoms with E-state index >= 15 is 0 Å². The number of aryl methyl sites for hydroxylation is 2. The van der Waals surface area contributed by atoms with Crippen molar-refractivity contribution in [1.29, 1.82) is 0 Å². The van der Waals surface area contributed by atoms with Gasteiger partial charge in [-0.3, -0.25) is 9.89 Å². The van der Waals surface area contributed by atoms with E-state index < -0.39 is 0 Å². The highest BCUT2D eigenvalue weighted by molar-refractivity contribution is 5.92. The Bertz CT molecular complexity index is 548. The Kier molecular flexibility index (Phi) is 5.73. The molecule has 1 unspecified atom stereocenters. The van der Waals surface area contributed by atoms with Crippen LogP contribution >= 0.6 is 12.4 Å². The van der Waals surface area contributed by atoms with E-state index in [0.29, 0.717) is 0 Å². The maximum absolute atomic E-state index is 12.0. The molecule has 108 valence electrons. The lowest BCUT2D eigenvalue weighted by molar-refractivity contribution is -0.116. The molecule has 0 saturated carbocycles. The summed E-state index contributed by atoms with van der Waals surface area (Å²) in [6.07, 6.45) is 0.244. The molecule has 0 aliphatic heterocycles. The monoisotopic (exact) mass is 294 g/mol. The van der Waals surface area contributed by atoms with Crippen molar-refractivity contribution in [1.82, 2.24) is 10.2 Å². The average Bonchev–Trinajstić information content (AvgIpc) is 2.71. The second-order valence-corrected chi connectivity index (χ2v) is 4.58. The van der Waals surface area contributed by atoms with Crippen LogP contribution in [0.1, 0.15) is 29.4 Å². The summed E-state index contributed by atoms with van der Waals surface area (Å²) < 4.78 is 0. The highest BCUT2D eigenvalue weighted by Gasteiger charge is 2.14. The van der Waals surface area contributed by atoms with E-state index in [9.17, 15) is 4.79 Å². The third kappa shape index (κ3) is 3.82. The van der Waals surface area contributed by atoms with Gasteiger partial charge in [-0.1, -0.05) is 30.3 Å². The number of aromatic amines is 1. The first-order valence-electron chi connectivity index (χ1n) is 6.20. The minimum atomic E-state index is -0.297. The molecule has 2 rings (SSSR count). The molecule has 0 saturated heterocycles. The zero-order valence-corrected chi connectivity index (χ0v) is 12.3. The van der Waals surface area contributed by atoms with E-state index in [1.54, 1.807) is 0 Å². The number of carbonyl (C=O) groups excluding carboxylic acids is 1. The summed E-state index contributed by atoms with van der Waals surface area (Å²) >= 11 is 0. The van der Waals surface area contributed by atoms with Gasteiger partial charge in [-0.05, 0) is 19.4 Å². The van der Waals surface area contributed by atoms with Gasteiger partial charge in [0.2, 0.25) is 5.91 Å². The van der Waals surface area contributed by atoms with Crippen LogP contribution in [0.3, 0.4) is 0 Å². The smallest absolute Gasteiger partial charge is 0.226 e. The molecule has 1 atom stereocenters. The van der Waals surface area contributed by atoms with Crippen LogP contribution in [0.4, 0.5) is 5.69 Å². The molecule has 1 amide bonds. The molecule has 1 aromatic carbocycles. The van der Waals surface area contributed by atoms with Gasteiger partial charge in [-0.2, -0.15) is 5.10 Å². The fourth-order valence-electron chi connectivity index (χ4n) is 1.94. The van der Waals surface area contributed by atoms with Crippen LogP contribution in [0.25, 0.3) is 0 Å². The van der Waals surface area contributed by atoms with E-state index in [1.165, 1.54) is 0 Å². The van der Waals surface area contributed by atoms with E-state index in [0.717, 1.165) is 22.6 Å². The molecule has 0 fully saturated rings. The normalized spacial score (nSPS) is 11.6. The standard InChI is InChI=1S/C14H18N4O.ClH/c1-9-14(10(2)18-17-9)16-13(19)8-12(15)11-6-4-3-5-7-11;/h3-7,12H,8,15H2,1-2H3,(H,16,19)(H,17,18);1H. The first-order chi connectivity index (χ1) is 9.08. The SMILES string of the molecule is Cc1n[nH]c(C)c1NC(=O)CC(N)c1ccccc1.Cl. The number of aromatic nitrogens is 2. The quantitative estimate of drug-likeness (QED) is 0.810. The molecule has 5 nitrogen and oxygen atoms in total. The number of nitrogens with one attached hydrogen (secondary N) is 2. The van der Waals surface area contributed by atoms with Crippen molar-refractivity contribution >= 4 is 24.0 Å². The van der Waals surface area contributed by atoms with Gasteiger partial charge in [0.1, 0.15) is 0 Å². The molecule has 2 aromatic rings. The van der Waals surface area contributed by atoms with Crippen LogP contribution in [0.15, 0.2) is 30.3 Å². The first kappa shape index (κ1) is 16.2. The molecule has 0 radical (unpaired) electrons. The molecule has 1 aromatic heterocycles. The Morgan fingerprint density at radius 2 is 2.00 bits per heavy atom. The van der Waals surface area contributed by atoms with Gasteiger partial charge in [-0.15, -0.1) is 12.4 Å². The van der Waals surface area contributed by atoms with E-state index in [1.807, 2.05) is 44.2 Å². The summed E-state index contributed by atoms with van der Waals surface area (Å²) in [6, 6.07) is 9.30. The summed E-state index contributed by atoms with van der Waals surface area (Å²) in [5, 5.41) is 9.71. The molecular weight excluding hydrogens is 276 g/mol. The van der Waals surface area contributed by atoms with Crippen molar-refractivity contribution in [3.8, 4) is 0 Å². The highest BCUT2D eigenvalue weighted by Crippen LogP contribution is 2.18. The molecule has 1 heterocycles. The Morgan fingerprint density at radius 1 is 1.35 bits per heavy atom. The van der Waals surface area contributed by atoms with Crippen molar-refractivity contribution in [3.63, 3.8) is 0 Å². The average molecular weight is 295 g/mol. The van der Waals surface area contributed by atoms with Gasteiger partial charge in [0.25, 0.3) is 0 Å². The number of carbonyl (C=O) groups is 1. The Morgan fingerprint density at radius 3 is 2.55 bits per heavy atom. The number of rotatable bonds is 4. The predicted octanol–water partition coefficient (Wildman–Crippen LogP) is 2.48. The van der Waals surface area contributed by atoms with Crippen LogP contribution in [0.5, 0.6) is 0 Å². The van der Waals surface area contributed by atoms with Crippen molar-refractivity contribution in [2.24, 2.45) is 5.73 Å². The summed E-state index contributed by atoms with van der Waals surface area (Å²) in [4.78, 5) is 12.0. The summed E-state index contributed by atoms with van der Waals surface area (Å²) in [5.74, 6) is -0.107. The molecule has 0 bridgehead atoms. The number of amides is 1. The van der Waals surface area contributed by atoms with Gasteiger partial charge in [-0.25, -0.2) is 0 Å². The number of nitrogens with two attached hydrogens (primary N) is 1. The van der Waals surface area contributed by atoms with Gasteiger partial charge < -0.3 is 11.1 Å². The number of nitrogens with zero attached hydrogens (tertiary/aromatic N) is 1. The lowest BCUT2D eigenvalue weighted by atomic mass is 10.0. The van der Waals surface area contributed by atoms with Gasteiger partial charge in [0, 0.05) is 12.5 Å². The van der Waals surface area contributed by atoms with Crippen LogP contribution in [-0.4, -0.2) is 16.1 Å². The minimum Gasteiger partial charge on any atom is -0.324 e. The van der Waals surface area contributed by atoms with Crippen molar-refractivity contribution < 1.29 is 4.79 Å². The predicted molar refractivity (Wildman–Crippen MR) is 81.9 cm³/mol. The lowest BCUT2D eigenvalue weighted by Crippen LogP contribution is -2.21. The largest absolute Gasteiger partial charge is 0.324 e. The minimum absolute atomic E-state index is 0. The second-order valence-electron chi connectivity index (χ2n) is 4.58. The molecule has 20 heavy (non-hydrogen) atoms. The van der Waals surface area contributed by atoms with Gasteiger partial charge >= 0.3 is 0 Å². The number of hydrogen-bond acceptors (Lipinski definition) is 3. The summed E-state index contributed by atoms with van der Waals surface area (Å²) in [6.45, 7) is 3.71. The van der Waals surface area contributed by atoms with Crippen molar-refractivity contribution in [3.05, 3.63) is 47.3 Å². The van der Waals surface area contributed by atoms with Crippen LogP contribution < -0.4 is 11.1 Å². The summed E-state index contributed by atoms with van der Waals surface area (Å²) in [7, 11) is 0. The Hall–Kier alpha value is -1.85. The number of halogens is 1. The molecular formula is C14H19ClN4O. The number of H-pyrrole nitrogens is 1. The van der Waals surface area contributed by atoms with Crippen LogP contribution in [0, 0.1) is 13.8 Å². The zero-order valence-electron chi connectivity index (χ0n) is 11.5. The van der Waals surface area contributed by atoms with Gasteiger partial charge in [0.15, 0.2) is 0 Å². The third-order valence-corrected chi connectivity index (χ3v) is 3.03. The topological polar surface area (TPSA) is 83.8 Å². The second kappa shape index (κ2) is 7.07. The Balaban J connectivity index is 0.00000200. The number of hydrogen-bond donors (Lipinski definition) is 3. The van der Waals surface area contributed by atoms with Crippen LogP contribution in [-0.2, 0) is 4.79 Å². The molecule has 6 heteroatoms. The molecule has 4 N–H and O–H groups in total. The molecule has 0 spiro atoms. The van der Waals surface area contributed by atoms with E-state index in [-0.39, 0.29) is 30.8 Å². The van der Waals surface area contributed by atoms with Crippen molar-refractivity contribution in [2.45, 2.75) is 26.3 Å². The van der Waals surface area contributed by atoms with Gasteiger partial charge in [0.05, 0.1) is 17.1 Å². The fourth-order valence-corrected chi connectivity index (χ4v) is 1.94. The summed E-state index contributed by atoms with van der Waals surface area (Å²) in [5.41, 5.74) is 9.34. The lowest BCUT2D eigenvalue weighted by Gasteiger charge is -2.12. The molecule has 0 aliphatic carbocycles. The van der Waals surface area contributed by atoms with Crippen LogP contribution in [0.2, 0.25) is 0 Å². The maximum atomic E-state index is 12.0. The maximum Gasteiger partial charge on any atom is 0.226 e. The number of benzene rings is 1. The van der Waals surface area contributed by atoms with E-state index in [4.69, 9.17) is 5.73 Å². The Labute approximate surface area is 124 Å². The molecule has 0 aliphatic rings. The first-order valence-corrected chi connectivity index (χ1v) is 6.20. The van der Waals surface area contributed by atoms with Crippen molar-refractivity contribution in [2.75, 3.05) is 5.32 Å².